The Bertz CT molecular complexity index is 1080. The molecule has 3 aromatic carbocycles. The number of fused-ring (bicyclic) bond motifs is 1. The Morgan fingerprint density at radius 2 is 1.50 bits per heavy atom. The molecule has 0 radical (unpaired) electrons. The molecule has 3 N–H and O–H groups in total. The summed E-state index contributed by atoms with van der Waals surface area (Å²) in [5.74, 6) is -0.0541. The summed E-state index contributed by atoms with van der Waals surface area (Å²) in [4.78, 5) is 20.0. The van der Waals surface area contributed by atoms with Crippen LogP contribution in [0, 0.1) is 0 Å². The average Bonchev–Trinajstić information content (AvgIpc) is 2.85. The third-order valence-electron chi connectivity index (χ3n) is 6.48. The van der Waals surface area contributed by atoms with Crippen LogP contribution in [-0.4, -0.2) is 50.1 Å². The van der Waals surface area contributed by atoms with E-state index in [0.717, 1.165) is 50.5 Å². The summed E-state index contributed by atoms with van der Waals surface area (Å²) in [5.41, 5.74) is 10.9. The molecule has 0 aromatic heterocycles. The molecule has 0 aliphatic carbocycles. The van der Waals surface area contributed by atoms with Gasteiger partial charge in [-0.2, -0.15) is 0 Å². The van der Waals surface area contributed by atoms with E-state index in [-0.39, 0.29) is 12.1 Å². The fourth-order valence-corrected chi connectivity index (χ4v) is 4.71. The number of nitrogens with two attached hydrogens (primary N) is 1. The summed E-state index contributed by atoms with van der Waals surface area (Å²) >= 11 is 0. The minimum absolute atomic E-state index is 0.0541. The van der Waals surface area contributed by atoms with Crippen LogP contribution in [-0.2, 0) is 0 Å². The van der Waals surface area contributed by atoms with Crippen molar-refractivity contribution in [3.8, 4) is 0 Å². The fourth-order valence-electron chi connectivity index (χ4n) is 4.71. The Hall–Kier alpha value is -3.51. The van der Waals surface area contributed by atoms with Crippen LogP contribution in [0.3, 0.4) is 0 Å². The van der Waals surface area contributed by atoms with Gasteiger partial charge in [-0.1, -0.05) is 48.5 Å². The molecule has 2 heterocycles. The Kier molecular flexibility index (Phi) is 5.69. The topological polar surface area (TPSA) is 64.8 Å². The van der Waals surface area contributed by atoms with Gasteiger partial charge in [0.25, 0.3) is 5.91 Å². The van der Waals surface area contributed by atoms with Crippen molar-refractivity contribution < 1.29 is 4.79 Å². The van der Waals surface area contributed by atoms with Crippen LogP contribution in [0.2, 0.25) is 0 Å². The minimum atomic E-state index is -0.274. The van der Waals surface area contributed by atoms with E-state index in [1.54, 1.807) is 0 Å². The fraction of sp³-hybridized carbons (Fsp3) is 0.269. The number of rotatable bonds is 5. The van der Waals surface area contributed by atoms with Crippen molar-refractivity contribution in [3.05, 3.63) is 90.0 Å². The lowest BCUT2D eigenvalue weighted by atomic mass is 10.0. The second-order valence-corrected chi connectivity index (χ2v) is 8.38. The summed E-state index contributed by atoms with van der Waals surface area (Å²) in [6.45, 7) is 5.82. The minimum Gasteiger partial charge on any atom is -0.398 e. The highest BCUT2D eigenvalue weighted by atomic mass is 16.2. The molecule has 0 saturated carbocycles. The molecular formula is C26H29N5O. The van der Waals surface area contributed by atoms with E-state index >= 15 is 0 Å². The van der Waals surface area contributed by atoms with E-state index < -0.39 is 0 Å². The van der Waals surface area contributed by atoms with Crippen LogP contribution in [0.15, 0.2) is 78.9 Å². The summed E-state index contributed by atoms with van der Waals surface area (Å²) in [7, 11) is 0. The van der Waals surface area contributed by atoms with Gasteiger partial charge in [0.2, 0.25) is 0 Å². The molecule has 5 rings (SSSR count). The molecular weight excluding hydrogens is 398 g/mol. The number of amides is 1. The highest BCUT2D eigenvalue weighted by Gasteiger charge is 2.32. The molecule has 164 valence electrons. The smallest absolute Gasteiger partial charge is 0.255 e. The maximum absolute atomic E-state index is 12.8. The van der Waals surface area contributed by atoms with Gasteiger partial charge in [0.1, 0.15) is 6.17 Å². The molecule has 2 aliphatic rings. The van der Waals surface area contributed by atoms with Gasteiger partial charge < -0.3 is 20.9 Å². The number of carbonyl (C=O) groups is 1. The number of anilines is 3. The molecule has 1 fully saturated rings. The van der Waals surface area contributed by atoms with Gasteiger partial charge >= 0.3 is 0 Å². The summed E-state index contributed by atoms with van der Waals surface area (Å²) in [5, 5.41) is 3.18. The number of benzene rings is 3. The Balaban J connectivity index is 1.32. The van der Waals surface area contributed by atoms with Crippen LogP contribution in [0.25, 0.3) is 0 Å². The molecule has 1 amide bonds. The Labute approximate surface area is 189 Å². The molecule has 0 bridgehead atoms. The lowest BCUT2D eigenvalue weighted by Gasteiger charge is -2.42. The van der Waals surface area contributed by atoms with E-state index in [0.29, 0.717) is 11.3 Å². The van der Waals surface area contributed by atoms with Crippen LogP contribution >= 0.6 is 0 Å². The van der Waals surface area contributed by atoms with Gasteiger partial charge in [0, 0.05) is 56.2 Å². The molecule has 3 aromatic rings. The van der Waals surface area contributed by atoms with Crippen molar-refractivity contribution >= 4 is 23.0 Å². The summed E-state index contributed by atoms with van der Waals surface area (Å²) < 4.78 is 0. The monoisotopic (exact) mass is 427 g/mol. The van der Waals surface area contributed by atoms with Crippen molar-refractivity contribution in [2.24, 2.45) is 0 Å². The first-order valence-corrected chi connectivity index (χ1v) is 11.2. The lowest BCUT2D eigenvalue weighted by Crippen LogP contribution is -2.52. The number of hydrogen-bond acceptors (Lipinski definition) is 5. The zero-order valence-electron chi connectivity index (χ0n) is 18.2. The maximum atomic E-state index is 12.8. The lowest BCUT2D eigenvalue weighted by molar-refractivity contribution is 0.0925. The van der Waals surface area contributed by atoms with Gasteiger partial charge in [-0.3, -0.25) is 9.69 Å². The Morgan fingerprint density at radius 3 is 2.28 bits per heavy atom. The third kappa shape index (κ3) is 4.01. The van der Waals surface area contributed by atoms with E-state index in [9.17, 15) is 4.79 Å². The molecule has 6 heteroatoms. The van der Waals surface area contributed by atoms with Gasteiger partial charge in [-0.15, -0.1) is 0 Å². The standard InChI is InChI=1S/C26H29N5O/c27-23-12-6-4-10-21(23)25-28-26(32)22-11-5-7-13-24(22)31(25)19-16-29-14-17-30(18-15-29)20-8-2-1-3-9-20/h1-13,25H,14-19,27H2,(H,28,32). The van der Waals surface area contributed by atoms with Crippen molar-refractivity contribution in [2.45, 2.75) is 6.17 Å². The third-order valence-corrected chi connectivity index (χ3v) is 6.48. The van der Waals surface area contributed by atoms with Crippen LogP contribution in [0.5, 0.6) is 0 Å². The first-order chi connectivity index (χ1) is 15.7. The molecule has 32 heavy (non-hydrogen) atoms. The molecule has 0 spiro atoms. The van der Waals surface area contributed by atoms with Gasteiger partial charge in [-0.25, -0.2) is 0 Å². The summed E-state index contributed by atoms with van der Waals surface area (Å²) in [6.07, 6.45) is -0.274. The first-order valence-electron chi connectivity index (χ1n) is 11.2. The highest BCUT2D eigenvalue weighted by Crippen LogP contribution is 2.34. The second kappa shape index (κ2) is 8.93. The highest BCUT2D eigenvalue weighted by molar-refractivity contribution is 6.02. The predicted octanol–water partition coefficient (Wildman–Crippen LogP) is 3.34. The number of nitrogen functional groups attached to an aromatic ring is 1. The van der Waals surface area contributed by atoms with Crippen LogP contribution < -0.4 is 20.9 Å². The van der Waals surface area contributed by atoms with Crippen molar-refractivity contribution in [1.29, 1.82) is 0 Å². The largest absolute Gasteiger partial charge is 0.398 e. The van der Waals surface area contributed by atoms with Crippen molar-refractivity contribution in [1.82, 2.24) is 10.2 Å². The van der Waals surface area contributed by atoms with Crippen LogP contribution in [0.4, 0.5) is 17.1 Å². The normalized spacial score (nSPS) is 18.9. The maximum Gasteiger partial charge on any atom is 0.255 e. The van der Waals surface area contributed by atoms with Crippen molar-refractivity contribution in [3.63, 3.8) is 0 Å². The molecule has 1 saturated heterocycles. The van der Waals surface area contributed by atoms with E-state index in [1.807, 2.05) is 48.5 Å². The van der Waals surface area contributed by atoms with Gasteiger partial charge in [0.15, 0.2) is 0 Å². The van der Waals surface area contributed by atoms with E-state index in [1.165, 1.54) is 5.69 Å². The molecule has 2 aliphatic heterocycles. The molecule has 6 nitrogen and oxygen atoms in total. The number of nitrogens with zero attached hydrogens (tertiary/aromatic N) is 3. The van der Waals surface area contributed by atoms with Crippen molar-refractivity contribution in [2.75, 3.05) is 54.8 Å². The SMILES string of the molecule is Nc1ccccc1C1NC(=O)c2ccccc2N1CCN1CCN(c2ccccc2)CC1. The molecule has 1 atom stereocenters. The second-order valence-electron chi connectivity index (χ2n) is 8.38. The number of piperazine rings is 1. The average molecular weight is 428 g/mol. The number of nitrogens with one attached hydrogen (secondary N) is 1. The number of carbonyl (C=O) groups excluding carboxylic acids is 1. The predicted molar refractivity (Wildman–Crippen MR) is 130 cm³/mol. The Morgan fingerprint density at radius 1 is 0.812 bits per heavy atom. The zero-order valence-corrected chi connectivity index (χ0v) is 18.2. The molecule has 1 unspecified atom stereocenters. The van der Waals surface area contributed by atoms with Gasteiger partial charge in [-0.05, 0) is 30.3 Å². The van der Waals surface area contributed by atoms with Crippen LogP contribution in [0.1, 0.15) is 22.1 Å². The van der Waals surface area contributed by atoms with Gasteiger partial charge in [0.05, 0.1) is 11.3 Å². The van der Waals surface area contributed by atoms with E-state index in [4.69, 9.17) is 5.73 Å². The number of para-hydroxylation sites is 3. The number of hydrogen-bond donors (Lipinski definition) is 2. The van der Waals surface area contributed by atoms with E-state index in [2.05, 4.69) is 50.3 Å². The quantitative estimate of drug-likeness (QED) is 0.612. The first kappa shape index (κ1) is 20.4. The summed E-state index contributed by atoms with van der Waals surface area (Å²) in [6, 6.07) is 26.2. The zero-order chi connectivity index (χ0) is 21.9.